The number of benzene rings is 1. The van der Waals surface area contributed by atoms with Gasteiger partial charge in [0.15, 0.2) is 0 Å². The lowest BCUT2D eigenvalue weighted by atomic mass is 10.2. The topological polar surface area (TPSA) is 29.9 Å². The van der Waals surface area contributed by atoms with E-state index in [1.807, 2.05) is 40.4 Å². The Kier molecular flexibility index (Phi) is 4.48. The summed E-state index contributed by atoms with van der Waals surface area (Å²) < 4.78 is 1.92. The van der Waals surface area contributed by atoms with E-state index in [0.717, 1.165) is 18.7 Å². The van der Waals surface area contributed by atoms with Crippen LogP contribution in [0.2, 0.25) is 0 Å². The standard InChI is InChI=1S/C17H19N3S/c1-2-16(17-9-6-10-21-17)18-11-14-12-19-20(13-14)15-7-4-3-5-8-15/h3-10,12-13,16,18H,2,11H2,1H3. The molecule has 1 N–H and O–H groups in total. The predicted molar refractivity (Wildman–Crippen MR) is 87.8 cm³/mol. The summed E-state index contributed by atoms with van der Waals surface area (Å²) in [4.78, 5) is 1.40. The van der Waals surface area contributed by atoms with Crippen molar-refractivity contribution in [2.45, 2.75) is 25.9 Å². The lowest BCUT2D eigenvalue weighted by Gasteiger charge is -2.14. The van der Waals surface area contributed by atoms with Crippen LogP contribution in [0.4, 0.5) is 0 Å². The van der Waals surface area contributed by atoms with Crippen molar-refractivity contribution in [3.8, 4) is 5.69 Å². The number of hydrogen-bond donors (Lipinski definition) is 1. The van der Waals surface area contributed by atoms with Gasteiger partial charge < -0.3 is 5.32 Å². The van der Waals surface area contributed by atoms with Crippen LogP contribution in [-0.2, 0) is 6.54 Å². The van der Waals surface area contributed by atoms with Gasteiger partial charge in [-0.05, 0) is 30.0 Å². The number of hydrogen-bond acceptors (Lipinski definition) is 3. The highest BCUT2D eigenvalue weighted by atomic mass is 32.1. The second-order valence-corrected chi connectivity index (χ2v) is 5.97. The average molecular weight is 297 g/mol. The van der Waals surface area contributed by atoms with E-state index >= 15 is 0 Å². The fourth-order valence-corrected chi connectivity index (χ4v) is 3.24. The van der Waals surface area contributed by atoms with Crippen molar-refractivity contribution in [2.75, 3.05) is 0 Å². The molecular formula is C17H19N3S. The molecule has 0 aliphatic carbocycles. The molecule has 4 heteroatoms. The van der Waals surface area contributed by atoms with E-state index < -0.39 is 0 Å². The molecule has 0 amide bonds. The van der Waals surface area contributed by atoms with Gasteiger partial charge in [0, 0.05) is 29.2 Å². The van der Waals surface area contributed by atoms with Crippen LogP contribution in [0.5, 0.6) is 0 Å². The summed E-state index contributed by atoms with van der Waals surface area (Å²) in [6.45, 7) is 3.05. The molecule has 1 unspecified atom stereocenters. The highest BCUT2D eigenvalue weighted by molar-refractivity contribution is 7.10. The second-order valence-electron chi connectivity index (χ2n) is 4.99. The van der Waals surface area contributed by atoms with Gasteiger partial charge >= 0.3 is 0 Å². The zero-order chi connectivity index (χ0) is 14.5. The van der Waals surface area contributed by atoms with E-state index in [1.54, 1.807) is 0 Å². The molecule has 0 fully saturated rings. The van der Waals surface area contributed by atoms with E-state index in [2.05, 4.69) is 53.2 Å². The summed E-state index contributed by atoms with van der Waals surface area (Å²) >= 11 is 1.81. The van der Waals surface area contributed by atoms with Crippen molar-refractivity contribution in [2.24, 2.45) is 0 Å². The third kappa shape index (κ3) is 3.40. The molecule has 0 bridgehead atoms. The summed E-state index contributed by atoms with van der Waals surface area (Å²) in [6, 6.07) is 14.9. The van der Waals surface area contributed by atoms with Gasteiger partial charge in [-0.15, -0.1) is 11.3 Å². The summed E-state index contributed by atoms with van der Waals surface area (Å²) in [7, 11) is 0. The molecule has 108 valence electrons. The molecule has 2 heterocycles. The van der Waals surface area contributed by atoms with Crippen molar-refractivity contribution in [1.29, 1.82) is 0 Å². The summed E-state index contributed by atoms with van der Waals surface area (Å²) in [5.74, 6) is 0. The Morgan fingerprint density at radius 2 is 2.05 bits per heavy atom. The minimum atomic E-state index is 0.421. The van der Waals surface area contributed by atoms with Crippen LogP contribution in [0.3, 0.4) is 0 Å². The minimum Gasteiger partial charge on any atom is -0.305 e. The Hall–Kier alpha value is -1.91. The zero-order valence-electron chi connectivity index (χ0n) is 12.1. The highest BCUT2D eigenvalue weighted by Crippen LogP contribution is 2.22. The first-order valence-electron chi connectivity index (χ1n) is 7.22. The van der Waals surface area contributed by atoms with Gasteiger partial charge in [0.2, 0.25) is 0 Å². The monoisotopic (exact) mass is 297 g/mol. The number of rotatable bonds is 6. The number of aromatic nitrogens is 2. The lowest BCUT2D eigenvalue weighted by molar-refractivity contribution is 0.526. The first-order chi connectivity index (χ1) is 10.4. The number of nitrogens with zero attached hydrogens (tertiary/aromatic N) is 2. The molecule has 1 atom stereocenters. The number of thiophene rings is 1. The third-order valence-corrected chi connectivity index (χ3v) is 4.49. The largest absolute Gasteiger partial charge is 0.305 e. The van der Waals surface area contributed by atoms with E-state index in [9.17, 15) is 0 Å². The van der Waals surface area contributed by atoms with Crippen LogP contribution in [-0.4, -0.2) is 9.78 Å². The normalized spacial score (nSPS) is 12.4. The van der Waals surface area contributed by atoms with Gasteiger partial charge in [-0.1, -0.05) is 31.2 Å². The quantitative estimate of drug-likeness (QED) is 0.740. The van der Waals surface area contributed by atoms with E-state index in [4.69, 9.17) is 0 Å². The molecule has 1 aromatic carbocycles. The Labute approximate surface area is 129 Å². The van der Waals surface area contributed by atoms with Crippen LogP contribution < -0.4 is 5.32 Å². The maximum Gasteiger partial charge on any atom is 0.0645 e. The Morgan fingerprint density at radius 3 is 2.76 bits per heavy atom. The van der Waals surface area contributed by atoms with Gasteiger partial charge in [0.05, 0.1) is 11.9 Å². The Bertz CT molecular complexity index is 658. The van der Waals surface area contributed by atoms with Crippen molar-refractivity contribution in [1.82, 2.24) is 15.1 Å². The molecule has 0 saturated heterocycles. The first kappa shape index (κ1) is 14.0. The highest BCUT2D eigenvalue weighted by Gasteiger charge is 2.10. The van der Waals surface area contributed by atoms with Crippen LogP contribution in [0.1, 0.15) is 29.8 Å². The maximum absolute atomic E-state index is 4.43. The Balaban J connectivity index is 1.65. The van der Waals surface area contributed by atoms with Crippen LogP contribution >= 0.6 is 11.3 Å². The minimum absolute atomic E-state index is 0.421. The SMILES string of the molecule is CCC(NCc1cnn(-c2ccccc2)c1)c1cccs1. The molecule has 3 nitrogen and oxygen atoms in total. The van der Waals surface area contributed by atoms with Crippen molar-refractivity contribution in [3.63, 3.8) is 0 Å². The van der Waals surface area contributed by atoms with Crippen LogP contribution in [0.15, 0.2) is 60.2 Å². The first-order valence-corrected chi connectivity index (χ1v) is 8.10. The molecule has 2 aromatic heterocycles. The summed E-state index contributed by atoms with van der Waals surface area (Å²) in [6.07, 6.45) is 5.11. The van der Waals surface area contributed by atoms with Crippen molar-refractivity contribution >= 4 is 11.3 Å². The number of nitrogens with one attached hydrogen (secondary N) is 1. The molecule has 3 rings (SSSR count). The predicted octanol–water partition coefficient (Wildman–Crippen LogP) is 4.17. The van der Waals surface area contributed by atoms with E-state index in [1.165, 1.54) is 10.4 Å². The van der Waals surface area contributed by atoms with Gasteiger partial charge in [0.25, 0.3) is 0 Å². The van der Waals surface area contributed by atoms with Gasteiger partial charge in [-0.3, -0.25) is 0 Å². The smallest absolute Gasteiger partial charge is 0.0645 e. The number of para-hydroxylation sites is 1. The van der Waals surface area contributed by atoms with Crippen molar-refractivity contribution < 1.29 is 0 Å². The fourth-order valence-electron chi connectivity index (χ4n) is 2.35. The van der Waals surface area contributed by atoms with E-state index in [-0.39, 0.29) is 0 Å². The van der Waals surface area contributed by atoms with Gasteiger partial charge in [-0.2, -0.15) is 5.10 Å². The molecule has 0 aliphatic heterocycles. The maximum atomic E-state index is 4.43. The molecule has 0 radical (unpaired) electrons. The van der Waals surface area contributed by atoms with Gasteiger partial charge in [-0.25, -0.2) is 4.68 Å². The molecule has 0 aliphatic rings. The summed E-state index contributed by atoms with van der Waals surface area (Å²) in [5, 5.41) is 10.2. The molecule has 21 heavy (non-hydrogen) atoms. The lowest BCUT2D eigenvalue weighted by Crippen LogP contribution is -2.19. The summed E-state index contributed by atoms with van der Waals surface area (Å²) in [5.41, 5.74) is 2.29. The second kappa shape index (κ2) is 6.70. The zero-order valence-corrected chi connectivity index (χ0v) is 12.9. The molecule has 0 spiro atoms. The fraction of sp³-hybridized carbons (Fsp3) is 0.235. The molecular weight excluding hydrogens is 278 g/mol. The van der Waals surface area contributed by atoms with Crippen molar-refractivity contribution in [3.05, 3.63) is 70.7 Å². The van der Waals surface area contributed by atoms with Crippen LogP contribution in [0.25, 0.3) is 5.69 Å². The van der Waals surface area contributed by atoms with E-state index in [0.29, 0.717) is 6.04 Å². The van der Waals surface area contributed by atoms with Crippen LogP contribution in [0, 0.1) is 0 Å². The van der Waals surface area contributed by atoms with Gasteiger partial charge in [0.1, 0.15) is 0 Å². The Morgan fingerprint density at radius 1 is 1.19 bits per heavy atom. The molecule has 0 saturated carbocycles. The average Bonchev–Trinajstić information content (AvgIpc) is 3.20. The molecule has 3 aromatic rings. The third-order valence-electron chi connectivity index (χ3n) is 3.50.